The first-order valence-electron chi connectivity index (χ1n) is 5.01. The number of carbonyl (C=O) groups is 1. The highest BCUT2D eigenvalue weighted by atomic mass is 16.6. The molecule has 2 aromatic rings. The Labute approximate surface area is 97.0 Å². The van der Waals surface area contributed by atoms with Crippen molar-refractivity contribution < 1.29 is 9.72 Å². The average Bonchev–Trinajstić information content (AvgIpc) is 2.27. The number of hydrogen-bond donors (Lipinski definition) is 1. The number of amides is 1. The highest BCUT2D eigenvalue weighted by Crippen LogP contribution is 2.22. The van der Waals surface area contributed by atoms with Gasteiger partial charge in [0.05, 0.1) is 11.3 Å². The summed E-state index contributed by atoms with van der Waals surface area (Å²) in [5.74, 6) is -0.421. The van der Waals surface area contributed by atoms with Crippen molar-refractivity contribution in [3.8, 4) is 0 Å². The minimum Gasteiger partial charge on any atom is -0.369 e. The van der Waals surface area contributed by atoms with Gasteiger partial charge in [0.1, 0.15) is 0 Å². The van der Waals surface area contributed by atoms with Crippen molar-refractivity contribution in [3.63, 3.8) is 0 Å². The molecule has 5 nitrogen and oxygen atoms in total. The van der Waals surface area contributed by atoms with E-state index in [1.807, 2.05) is 6.07 Å². The van der Waals surface area contributed by atoms with Gasteiger partial charge in [-0.3, -0.25) is 14.9 Å². The maximum Gasteiger partial charge on any atom is 0.270 e. The normalized spacial score (nSPS) is 10.4. The van der Waals surface area contributed by atoms with Gasteiger partial charge >= 0.3 is 0 Å². The van der Waals surface area contributed by atoms with Crippen LogP contribution in [-0.4, -0.2) is 10.8 Å². The van der Waals surface area contributed by atoms with Crippen LogP contribution in [-0.2, 0) is 11.2 Å². The lowest BCUT2D eigenvalue weighted by Crippen LogP contribution is -2.13. The van der Waals surface area contributed by atoms with Crippen LogP contribution in [0.25, 0.3) is 10.8 Å². The number of hydrogen-bond acceptors (Lipinski definition) is 3. The molecule has 0 atom stereocenters. The van der Waals surface area contributed by atoms with Gasteiger partial charge in [0.2, 0.25) is 5.91 Å². The number of nitro groups is 1. The fraction of sp³-hybridized carbons (Fsp3) is 0.0833. The first-order chi connectivity index (χ1) is 8.06. The van der Waals surface area contributed by atoms with E-state index in [0.717, 1.165) is 16.3 Å². The number of fused-ring (bicyclic) bond motifs is 1. The molecule has 0 aliphatic carbocycles. The fourth-order valence-electron chi connectivity index (χ4n) is 1.71. The minimum atomic E-state index is -0.444. The molecular weight excluding hydrogens is 220 g/mol. The van der Waals surface area contributed by atoms with Gasteiger partial charge in [0, 0.05) is 12.1 Å². The number of benzene rings is 2. The van der Waals surface area contributed by atoms with E-state index in [4.69, 9.17) is 5.73 Å². The number of nitrogens with zero attached hydrogens (tertiary/aromatic N) is 1. The van der Waals surface area contributed by atoms with Gasteiger partial charge < -0.3 is 5.73 Å². The minimum absolute atomic E-state index is 0.0359. The van der Waals surface area contributed by atoms with E-state index in [-0.39, 0.29) is 12.1 Å². The molecule has 0 spiro atoms. The van der Waals surface area contributed by atoms with Gasteiger partial charge in [0.25, 0.3) is 5.69 Å². The van der Waals surface area contributed by atoms with Crippen molar-refractivity contribution in [2.75, 3.05) is 0 Å². The standard InChI is InChI=1S/C12H10N2O3/c13-12(15)6-8-1-2-9-3-4-11(14(16)17)7-10(9)5-8/h1-5,7H,6H2,(H2,13,15). The lowest BCUT2D eigenvalue weighted by Gasteiger charge is -2.01. The summed E-state index contributed by atoms with van der Waals surface area (Å²) in [5, 5.41) is 12.3. The average molecular weight is 230 g/mol. The Morgan fingerprint density at radius 1 is 1.18 bits per heavy atom. The Hall–Kier alpha value is -2.43. The van der Waals surface area contributed by atoms with Crippen LogP contribution in [0.2, 0.25) is 0 Å². The Kier molecular flexibility index (Phi) is 2.74. The van der Waals surface area contributed by atoms with Gasteiger partial charge in [-0.1, -0.05) is 18.2 Å². The first kappa shape index (κ1) is 11.1. The van der Waals surface area contributed by atoms with E-state index in [1.165, 1.54) is 12.1 Å². The zero-order chi connectivity index (χ0) is 12.4. The third kappa shape index (κ3) is 2.39. The summed E-state index contributed by atoms with van der Waals surface area (Å²) in [6.07, 6.45) is 0.138. The molecule has 1 amide bonds. The molecule has 17 heavy (non-hydrogen) atoms. The van der Waals surface area contributed by atoms with Crippen LogP contribution < -0.4 is 5.73 Å². The summed E-state index contributed by atoms with van der Waals surface area (Å²) in [5.41, 5.74) is 5.89. The summed E-state index contributed by atoms with van der Waals surface area (Å²) in [6, 6.07) is 9.97. The van der Waals surface area contributed by atoms with Crippen molar-refractivity contribution in [2.45, 2.75) is 6.42 Å². The van der Waals surface area contributed by atoms with E-state index in [0.29, 0.717) is 0 Å². The van der Waals surface area contributed by atoms with E-state index in [1.54, 1.807) is 18.2 Å². The van der Waals surface area contributed by atoms with Crippen LogP contribution in [0.4, 0.5) is 5.69 Å². The number of nitro benzene ring substituents is 1. The second kappa shape index (κ2) is 4.21. The molecule has 0 aliphatic rings. The molecule has 0 bridgehead atoms. The molecule has 2 aromatic carbocycles. The molecule has 0 saturated carbocycles. The molecule has 5 heteroatoms. The summed E-state index contributed by atoms with van der Waals surface area (Å²) in [6.45, 7) is 0. The Morgan fingerprint density at radius 3 is 2.53 bits per heavy atom. The zero-order valence-electron chi connectivity index (χ0n) is 8.92. The predicted octanol–water partition coefficient (Wildman–Crippen LogP) is 1.78. The van der Waals surface area contributed by atoms with E-state index in [2.05, 4.69) is 0 Å². The van der Waals surface area contributed by atoms with Gasteiger partial charge in [-0.15, -0.1) is 0 Å². The molecular formula is C12H10N2O3. The molecule has 0 saturated heterocycles. The van der Waals surface area contributed by atoms with Crippen LogP contribution >= 0.6 is 0 Å². The van der Waals surface area contributed by atoms with Gasteiger partial charge in [-0.2, -0.15) is 0 Å². The smallest absolute Gasteiger partial charge is 0.270 e. The van der Waals surface area contributed by atoms with Crippen LogP contribution in [0.3, 0.4) is 0 Å². The fourth-order valence-corrected chi connectivity index (χ4v) is 1.71. The van der Waals surface area contributed by atoms with E-state index < -0.39 is 10.8 Å². The Bertz CT molecular complexity index is 608. The maximum absolute atomic E-state index is 10.8. The number of non-ortho nitro benzene ring substituents is 1. The highest BCUT2D eigenvalue weighted by molar-refractivity contribution is 5.86. The van der Waals surface area contributed by atoms with Gasteiger partial charge in [-0.05, 0) is 22.4 Å². The van der Waals surface area contributed by atoms with Crippen molar-refractivity contribution in [3.05, 3.63) is 52.1 Å². The monoisotopic (exact) mass is 230 g/mol. The summed E-state index contributed by atoms with van der Waals surface area (Å²) >= 11 is 0. The SMILES string of the molecule is NC(=O)Cc1ccc2ccc([N+](=O)[O-])cc2c1. The number of rotatable bonds is 3. The molecule has 2 N–H and O–H groups in total. The van der Waals surface area contributed by atoms with Gasteiger partial charge in [0.15, 0.2) is 0 Å². The molecule has 0 aromatic heterocycles. The van der Waals surface area contributed by atoms with Crippen LogP contribution in [0.1, 0.15) is 5.56 Å². The number of carbonyl (C=O) groups excluding carboxylic acids is 1. The molecule has 0 radical (unpaired) electrons. The number of primary amides is 1. The summed E-state index contributed by atoms with van der Waals surface area (Å²) in [7, 11) is 0. The molecule has 2 rings (SSSR count). The molecule has 0 aliphatic heterocycles. The summed E-state index contributed by atoms with van der Waals surface area (Å²) < 4.78 is 0. The van der Waals surface area contributed by atoms with Crippen LogP contribution in [0.15, 0.2) is 36.4 Å². The second-order valence-corrected chi connectivity index (χ2v) is 3.77. The van der Waals surface area contributed by atoms with E-state index in [9.17, 15) is 14.9 Å². The lowest BCUT2D eigenvalue weighted by atomic mass is 10.0. The zero-order valence-corrected chi connectivity index (χ0v) is 8.92. The maximum atomic E-state index is 10.8. The Balaban J connectivity index is 2.50. The third-order valence-electron chi connectivity index (χ3n) is 2.48. The third-order valence-corrected chi connectivity index (χ3v) is 2.48. The highest BCUT2D eigenvalue weighted by Gasteiger charge is 2.07. The quantitative estimate of drug-likeness (QED) is 0.644. The van der Waals surface area contributed by atoms with Gasteiger partial charge in [-0.25, -0.2) is 0 Å². The van der Waals surface area contributed by atoms with Crippen LogP contribution in [0.5, 0.6) is 0 Å². The largest absolute Gasteiger partial charge is 0.369 e. The predicted molar refractivity (Wildman–Crippen MR) is 63.5 cm³/mol. The Morgan fingerprint density at radius 2 is 1.88 bits per heavy atom. The summed E-state index contributed by atoms with van der Waals surface area (Å²) in [4.78, 5) is 21.0. The first-order valence-corrected chi connectivity index (χ1v) is 5.01. The van der Waals surface area contributed by atoms with Crippen LogP contribution in [0, 0.1) is 10.1 Å². The molecule has 0 unspecified atom stereocenters. The van der Waals surface area contributed by atoms with Crippen molar-refractivity contribution in [1.29, 1.82) is 0 Å². The second-order valence-electron chi connectivity index (χ2n) is 3.77. The molecule has 0 heterocycles. The molecule has 86 valence electrons. The number of nitrogens with two attached hydrogens (primary N) is 1. The van der Waals surface area contributed by atoms with Crippen molar-refractivity contribution in [2.24, 2.45) is 5.73 Å². The van der Waals surface area contributed by atoms with Crippen molar-refractivity contribution >= 4 is 22.4 Å². The van der Waals surface area contributed by atoms with E-state index >= 15 is 0 Å². The lowest BCUT2D eigenvalue weighted by molar-refractivity contribution is -0.384. The topological polar surface area (TPSA) is 86.2 Å². The molecule has 0 fully saturated rings. The van der Waals surface area contributed by atoms with Crippen molar-refractivity contribution in [1.82, 2.24) is 0 Å².